The molecule has 0 radical (unpaired) electrons. The van der Waals surface area contributed by atoms with Crippen molar-refractivity contribution in [1.29, 1.82) is 0 Å². The minimum atomic E-state index is -0.307. The molecular formula is C19H22FNO3. The van der Waals surface area contributed by atoms with Gasteiger partial charge in [0.25, 0.3) is 5.91 Å². The molecule has 0 saturated carbocycles. The van der Waals surface area contributed by atoms with E-state index in [0.29, 0.717) is 29.1 Å². The van der Waals surface area contributed by atoms with Gasteiger partial charge in [-0.1, -0.05) is 13.8 Å². The second-order valence-electron chi connectivity index (χ2n) is 6.66. The van der Waals surface area contributed by atoms with Crippen molar-refractivity contribution in [1.82, 2.24) is 4.90 Å². The van der Waals surface area contributed by atoms with Crippen molar-refractivity contribution in [2.45, 2.75) is 26.9 Å². The van der Waals surface area contributed by atoms with Gasteiger partial charge < -0.3 is 14.1 Å². The number of halogens is 1. The van der Waals surface area contributed by atoms with Gasteiger partial charge in [0.2, 0.25) is 0 Å². The number of hydrogen-bond acceptors (Lipinski definition) is 3. The lowest BCUT2D eigenvalue weighted by Gasteiger charge is -2.34. The molecule has 1 aromatic carbocycles. The van der Waals surface area contributed by atoms with E-state index in [1.165, 1.54) is 12.1 Å². The largest absolute Gasteiger partial charge is 0.486 e. The molecule has 1 saturated heterocycles. The lowest BCUT2D eigenvalue weighted by molar-refractivity contribution is 0.0587. The predicted molar refractivity (Wildman–Crippen MR) is 88.3 cm³/mol. The molecule has 2 aromatic rings. The van der Waals surface area contributed by atoms with Crippen LogP contribution in [0.15, 0.2) is 40.8 Å². The monoisotopic (exact) mass is 331 g/mol. The summed E-state index contributed by atoms with van der Waals surface area (Å²) in [5, 5.41) is 0. The molecule has 3 rings (SSSR count). The first-order valence-corrected chi connectivity index (χ1v) is 8.27. The number of likely N-dealkylation sites (tertiary alicyclic amines) is 1. The number of ether oxygens (including phenoxy) is 1. The summed E-state index contributed by atoms with van der Waals surface area (Å²) in [5.41, 5.74) is 0. The van der Waals surface area contributed by atoms with Crippen LogP contribution < -0.4 is 4.74 Å². The maximum Gasteiger partial charge on any atom is 0.289 e. The van der Waals surface area contributed by atoms with Crippen molar-refractivity contribution in [2.75, 3.05) is 13.1 Å². The van der Waals surface area contributed by atoms with Crippen LogP contribution in [0.5, 0.6) is 5.75 Å². The summed E-state index contributed by atoms with van der Waals surface area (Å²) < 4.78 is 24.0. The predicted octanol–water partition coefficient (Wildman–Crippen LogP) is 4.12. The van der Waals surface area contributed by atoms with Gasteiger partial charge in [0, 0.05) is 13.1 Å². The summed E-state index contributed by atoms with van der Waals surface area (Å²) in [6.07, 6.45) is 1.15. The van der Waals surface area contributed by atoms with E-state index in [4.69, 9.17) is 9.15 Å². The molecule has 0 aliphatic carbocycles. The van der Waals surface area contributed by atoms with E-state index in [-0.39, 0.29) is 18.3 Å². The van der Waals surface area contributed by atoms with Crippen LogP contribution in [0.2, 0.25) is 0 Å². The van der Waals surface area contributed by atoms with Crippen molar-refractivity contribution in [3.05, 3.63) is 53.7 Å². The zero-order chi connectivity index (χ0) is 17.1. The fraction of sp³-hybridized carbons (Fsp3) is 0.421. The maximum absolute atomic E-state index is 12.9. The molecule has 2 unspecified atom stereocenters. The molecule has 1 amide bonds. The topological polar surface area (TPSA) is 42.7 Å². The van der Waals surface area contributed by atoms with Crippen molar-refractivity contribution in [3.8, 4) is 5.75 Å². The van der Waals surface area contributed by atoms with E-state index in [2.05, 4.69) is 13.8 Å². The van der Waals surface area contributed by atoms with E-state index in [1.807, 2.05) is 4.90 Å². The summed E-state index contributed by atoms with van der Waals surface area (Å²) in [4.78, 5) is 14.4. The molecule has 1 aromatic heterocycles. The molecule has 128 valence electrons. The number of carbonyl (C=O) groups excluding carboxylic acids is 1. The van der Waals surface area contributed by atoms with Crippen molar-refractivity contribution >= 4 is 5.91 Å². The first kappa shape index (κ1) is 16.6. The van der Waals surface area contributed by atoms with Crippen LogP contribution in [-0.4, -0.2) is 23.9 Å². The third-order valence-corrected chi connectivity index (χ3v) is 4.22. The van der Waals surface area contributed by atoms with Crippen LogP contribution >= 0.6 is 0 Å². The third kappa shape index (κ3) is 3.96. The van der Waals surface area contributed by atoms with Crippen LogP contribution in [0.4, 0.5) is 4.39 Å². The summed E-state index contributed by atoms with van der Waals surface area (Å²) >= 11 is 0. The SMILES string of the molecule is CC1CC(C)CN(C(=O)c2ccc(COc3ccc(F)cc3)o2)C1. The molecule has 1 aliphatic rings. The molecule has 1 fully saturated rings. The Hall–Kier alpha value is -2.30. The third-order valence-electron chi connectivity index (χ3n) is 4.22. The minimum Gasteiger partial charge on any atom is -0.486 e. The normalized spacial score (nSPS) is 20.9. The van der Waals surface area contributed by atoms with Gasteiger partial charge in [-0.05, 0) is 54.7 Å². The average molecular weight is 331 g/mol. The summed E-state index contributed by atoms with van der Waals surface area (Å²) in [5.74, 6) is 2.11. The number of hydrogen-bond donors (Lipinski definition) is 0. The number of amides is 1. The molecular weight excluding hydrogens is 309 g/mol. The quantitative estimate of drug-likeness (QED) is 0.846. The summed E-state index contributed by atoms with van der Waals surface area (Å²) in [7, 11) is 0. The van der Waals surface area contributed by atoms with Crippen LogP contribution in [0.25, 0.3) is 0 Å². The van der Waals surface area contributed by atoms with Gasteiger partial charge in [0.05, 0.1) is 0 Å². The van der Waals surface area contributed by atoms with E-state index in [1.54, 1.807) is 24.3 Å². The highest BCUT2D eigenvalue weighted by atomic mass is 19.1. The minimum absolute atomic E-state index is 0.0681. The molecule has 1 aliphatic heterocycles. The molecule has 0 bridgehead atoms. The summed E-state index contributed by atoms with van der Waals surface area (Å²) in [6, 6.07) is 9.22. The molecule has 0 N–H and O–H groups in total. The van der Waals surface area contributed by atoms with E-state index in [9.17, 15) is 9.18 Å². The second-order valence-corrected chi connectivity index (χ2v) is 6.66. The van der Waals surface area contributed by atoms with E-state index < -0.39 is 0 Å². The second kappa shape index (κ2) is 7.07. The lowest BCUT2D eigenvalue weighted by Crippen LogP contribution is -2.42. The van der Waals surface area contributed by atoms with Gasteiger partial charge in [-0.3, -0.25) is 4.79 Å². The fourth-order valence-electron chi connectivity index (χ4n) is 3.24. The van der Waals surface area contributed by atoms with Gasteiger partial charge in [0.1, 0.15) is 23.9 Å². The highest BCUT2D eigenvalue weighted by Crippen LogP contribution is 2.23. The summed E-state index contributed by atoms with van der Waals surface area (Å²) in [6.45, 7) is 6.07. The standard InChI is InChI=1S/C19H22FNO3/c1-13-9-14(2)11-21(10-13)19(22)18-8-7-17(24-18)12-23-16-5-3-15(20)4-6-16/h3-8,13-14H,9-12H2,1-2H3. The number of benzene rings is 1. The van der Waals surface area contributed by atoms with Crippen LogP contribution in [0.3, 0.4) is 0 Å². The van der Waals surface area contributed by atoms with Gasteiger partial charge in [-0.2, -0.15) is 0 Å². The van der Waals surface area contributed by atoms with Gasteiger partial charge >= 0.3 is 0 Å². The highest BCUT2D eigenvalue weighted by Gasteiger charge is 2.27. The van der Waals surface area contributed by atoms with Crippen molar-refractivity contribution in [2.24, 2.45) is 11.8 Å². The number of nitrogens with zero attached hydrogens (tertiary/aromatic N) is 1. The smallest absolute Gasteiger partial charge is 0.289 e. The number of rotatable bonds is 4. The van der Waals surface area contributed by atoms with E-state index >= 15 is 0 Å². The van der Waals surface area contributed by atoms with Gasteiger partial charge in [-0.15, -0.1) is 0 Å². The Morgan fingerprint density at radius 1 is 1.17 bits per heavy atom. The fourth-order valence-corrected chi connectivity index (χ4v) is 3.24. The zero-order valence-corrected chi connectivity index (χ0v) is 14.0. The Morgan fingerprint density at radius 3 is 2.50 bits per heavy atom. The molecule has 2 atom stereocenters. The first-order chi connectivity index (χ1) is 11.5. The van der Waals surface area contributed by atoms with Crippen molar-refractivity contribution < 1.29 is 18.3 Å². The van der Waals surface area contributed by atoms with Gasteiger partial charge in [-0.25, -0.2) is 4.39 Å². The average Bonchev–Trinajstić information content (AvgIpc) is 3.01. The van der Waals surface area contributed by atoms with Gasteiger partial charge in [0.15, 0.2) is 5.76 Å². The molecule has 4 nitrogen and oxygen atoms in total. The Labute approximate surface area is 141 Å². The first-order valence-electron chi connectivity index (χ1n) is 8.27. The molecule has 0 spiro atoms. The van der Waals surface area contributed by atoms with E-state index in [0.717, 1.165) is 19.5 Å². The maximum atomic E-state index is 12.9. The number of furan rings is 1. The lowest BCUT2D eigenvalue weighted by atomic mass is 9.92. The Balaban J connectivity index is 1.60. The molecule has 2 heterocycles. The Bertz CT molecular complexity index is 685. The Morgan fingerprint density at radius 2 is 1.83 bits per heavy atom. The van der Waals surface area contributed by atoms with Crippen LogP contribution in [0, 0.1) is 17.7 Å². The number of carbonyl (C=O) groups is 1. The Kier molecular flexibility index (Phi) is 4.88. The molecule has 24 heavy (non-hydrogen) atoms. The zero-order valence-electron chi connectivity index (χ0n) is 14.0. The van der Waals surface area contributed by atoms with Crippen molar-refractivity contribution in [3.63, 3.8) is 0 Å². The molecule has 5 heteroatoms. The van der Waals surface area contributed by atoms with Crippen LogP contribution in [0.1, 0.15) is 36.6 Å². The highest BCUT2D eigenvalue weighted by molar-refractivity contribution is 5.91. The van der Waals surface area contributed by atoms with Crippen LogP contribution in [-0.2, 0) is 6.61 Å². The number of piperidine rings is 1.